The van der Waals surface area contributed by atoms with Crippen LogP contribution in [0.1, 0.15) is 71.1 Å². The number of hydrogen-bond donors (Lipinski definition) is 3. The van der Waals surface area contributed by atoms with Crippen LogP contribution >= 0.6 is 0 Å². The molecule has 144 valence electrons. The summed E-state index contributed by atoms with van der Waals surface area (Å²) < 4.78 is 0. The zero-order valence-corrected chi connectivity index (χ0v) is 15.3. The molecule has 5 atom stereocenters. The Hall–Kier alpha value is -1.14. The minimum Gasteiger partial charge on any atom is -0.481 e. The molecule has 6 heteroatoms. The van der Waals surface area contributed by atoms with Crippen molar-refractivity contribution >= 4 is 11.7 Å². The zero-order chi connectivity index (χ0) is 18.2. The Morgan fingerprint density at radius 1 is 1.32 bits per heavy atom. The number of aliphatic hydroxyl groups is 2. The molecule has 0 aliphatic heterocycles. The summed E-state index contributed by atoms with van der Waals surface area (Å²) in [4.78, 5) is 15.6. The first-order chi connectivity index (χ1) is 12.0. The Morgan fingerprint density at radius 3 is 2.84 bits per heavy atom. The summed E-state index contributed by atoms with van der Waals surface area (Å²) in [5, 5.41) is 33.2. The van der Waals surface area contributed by atoms with Gasteiger partial charge in [-0.05, 0) is 56.3 Å². The Balaban J connectivity index is 1.75. The third-order valence-electron chi connectivity index (χ3n) is 5.74. The first-order valence-electron chi connectivity index (χ1n) is 9.76. The molecule has 0 bridgehead atoms. The van der Waals surface area contributed by atoms with E-state index >= 15 is 0 Å². The van der Waals surface area contributed by atoms with E-state index in [2.05, 4.69) is 12.1 Å². The molecule has 0 amide bonds. The van der Waals surface area contributed by atoms with E-state index in [1.807, 2.05) is 0 Å². The van der Waals surface area contributed by atoms with Crippen LogP contribution < -0.4 is 0 Å². The van der Waals surface area contributed by atoms with Gasteiger partial charge in [0.2, 0.25) is 0 Å². The van der Waals surface area contributed by atoms with Crippen molar-refractivity contribution in [3.05, 3.63) is 0 Å². The van der Waals surface area contributed by atoms with Crippen LogP contribution in [0.15, 0.2) is 5.16 Å². The van der Waals surface area contributed by atoms with Crippen LogP contribution in [-0.4, -0.2) is 45.8 Å². The van der Waals surface area contributed by atoms with Gasteiger partial charge >= 0.3 is 5.97 Å². The number of aliphatic hydroxyl groups excluding tert-OH is 2. The molecular formula is C19H33NO5. The first kappa shape index (κ1) is 20.2. The molecule has 2 saturated carbocycles. The lowest BCUT2D eigenvalue weighted by molar-refractivity contribution is -0.138. The SMILES string of the molecule is CCCCCC(O)CC[C@@H]1[C@@H]2C/C(=N/OCCC(=O)O)C[C@@H]2C[C@@H]1O. The average Bonchev–Trinajstić information content (AvgIpc) is 3.06. The molecule has 3 N–H and O–H groups in total. The number of carboxylic acids is 1. The van der Waals surface area contributed by atoms with E-state index < -0.39 is 5.97 Å². The summed E-state index contributed by atoms with van der Waals surface area (Å²) in [6, 6.07) is 0. The predicted molar refractivity (Wildman–Crippen MR) is 95.4 cm³/mol. The van der Waals surface area contributed by atoms with Crippen molar-refractivity contribution in [3.8, 4) is 0 Å². The molecule has 0 aromatic rings. The fraction of sp³-hybridized carbons (Fsp3) is 0.895. The number of carboxylic acid groups (broad SMARTS) is 1. The maximum atomic E-state index is 10.5. The topological polar surface area (TPSA) is 99.4 Å². The van der Waals surface area contributed by atoms with Crippen molar-refractivity contribution in [2.45, 2.75) is 83.3 Å². The Morgan fingerprint density at radius 2 is 2.12 bits per heavy atom. The molecule has 2 aliphatic rings. The monoisotopic (exact) mass is 355 g/mol. The van der Waals surface area contributed by atoms with Crippen LogP contribution in [0.4, 0.5) is 0 Å². The summed E-state index contributed by atoms with van der Waals surface area (Å²) in [5.74, 6) is 0.209. The van der Waals surface area contributed by atoms with Gasteiger partial charge in [0.05, 0.1) is 24.3 Å². The molecule has 2 fully saturated rings. The lowest BCUT2D eigenvalue weighted by Gasteiger charge is -2.22. The van der Waals surface area contributed by atoms with Crippen molar-refractivity contribution in [1.82, 2.24) is 0 Å². The van der Waals surface area contributed by atoms with Gasteiger partial charge < -0.3 is 20.2 Å². The van der Waals surface area contributed by atoms with Gasteiger partial charge in [-0.1, -0.05) is 31.3 Å². The minimum atomic E-state index is -0.885. The van der Waals surface area contributed by atoms with Crippen molar-refractivity contribution in [2.75, 3.05) is 6.61 Å². The molecular weight excluding hydrogens is 322 g/mol. The maximum Gasteiger partial charge on any atom is 0.306 e. The number of nitrogens with zero attached hydrogens (tertiary/aromatic N) is 1. The molecule has 0 spiro atoms. The number of fused-ring (bicyclic) bond motifs is 1. The molecule has 1 unspecified atom stereocenters. The highest BCUT2D eigenvalue weighted by atomic mass is 16.6. The lowest BCUT2D eigenvalue weighted by atomic mass is 9.86. The second-order valence-electron chi connectivity index (χ2n) is 7.66. The molecule has 0 saturated heterocycles. The second kappa shape index (κ2) is 10.1. The van der Waals surface area contributed by atoms with E-state index in [1.54, 1.807) is 0 Å². The van der Waals surface area contributed by atoms with Gasteiger partial charge in [-0.15, -0.1) is 0 Å². The fourth-order valence-corrected chi connectivity index (χ4v) is 4.42. The van der Waals surface area contributed by atoms with E-state index in [0.29, 0.717) is 11.8 Å². The van der Waals surface area contributed by atoms with Gasteiger partial charge in [-0.25, -0.2) is 0 Å². The van der Waals surface area contributed by atoms with Gasteiger partial charge in [0.15, 0.2) is 0 Å². The van der Waals surface area contributed by atoms with E-state index in [0.717, 1.165) is 63.5 Å². The molecule has 6 nitrogen and oxygen atoms in total. The van der Waals surface area contributed by atoms with Crippen LogP contribution in [-0.2, 0) is 9.63 Å². The second-order valence-corrected chi connectivity index (χ2v) is 7.66. The average molecular weight is 355 g/mol. The van der Waals surface area contributed by atoms with Crippen LogP contribution in [0, 0.1) is 17.8 Å². The van der Waals surface area contributed by atoms with Crippen molar-refractivity contribution in [1.29, 1.82) is 0 Å². The lowest BCUT2D eigenvalue weighted by Crippen LogP contribution is -2.22. The normalized spacial score (nSPS) is 31.2. The van der Waals surface area contributed by atoms with Crippen LogP contribution in [0.3, 0.4) is 0 Å². The van der Waals surface area contributed by atoms with Gasteiger partial charge in [0.25, 0.3) is 0 Å². The number of hydrogen-bond acceptors (Lipinski definition) is 5. The quantitative estimate of drug-likeness (QED) is 0.391. The molecule has 2 rings (SSSR count). The minimum absolute atomic E-state index is 0.0408. The zero-order valence-electron chi connectivity index (χ0n) is 15.3. The molecule has 0 aromatic carbocycles. The van der Waals surface area contributed by atoms with Crippen molar-refractivity contribution in [3.63, 3.8) is 0 Å². The maximum absolute atomic E-state index is 10.5. The van der Waals surface area contributed by atoms with Gasteiger partial charge in [-0.3, -0.25) is 4.79 Å². The highest BCUT2D eigenvalue weighted by Crippen LogP contribution is 2.48. The van der Waals surface area contributed by atoms with E-state index in [1.165, 1.54) is 0 Å². The van der Waals surface area contributed by atoms with E-state index in [4.69, 9.17) is 9.94 Å². The Labute approximate surface area is 150 Å². The number of rotatable bonds is 11. The van der Waals surface area contributed by atoms with E-state index in [9.17, 15) is 15.0 Å². The summed E-state index contributed by atoms with van der Waals surface area (Å²) in [5.41, 5.74) is 0.987. The van der Waals surface area contributed by atoms with Crippen LogP contribution in [0.2, 0.25) is 0 Å². The van der Waals surface area contributed by atoms with Crippen molar-refractivity contribution in [2.24, 2.45) is 22.9 Å². The fourth-order valence-electron chi connectivity index (χ4n) is 4.42. The summed E-state index contributed by atoms with van der Waals surface area (Å²) >= 11 is 0. The summed E-state index contributed by atoms with van der Waals surface area (Å²) in [6.07, 6.45) is 7.77. The van der Waals surface area contributed by atoms with Gasteiger partial charge in [0.1, 0.15) is 6.61 Å². The largest absolute Gasteiger partial charge is 0.481 e. The molecule has 0 aromatic heterocycles. The van der Waals surface area contributed by atoms with Crippen molar-refractivity contribution < 1.29 is 25.0 Å². The number of carbonyl (C=O) groups is 1. The highest BCUT2D eigenvalue weighted by molar-refractivity contribution is 5.86. The Kier molecular flexibility index (Phi) is 8.16. The summed E-state index contributed by atoms with van der Waals surface area (Å²) in [6.45, 7) is 2.26. The predicted octanol–water partition coefficient (Wildman–Crippen LogP) is 2.96. The first-order valence-corrected chi connectivity index (χ1v) is 9.76. The van der Waals surface area contributed by atoms with Gasteiger partial charge in [-0.2, -0.15) is 0 Å². The number of aliphatic carboxylic acids is 1. The standard InChI is InChI=1S/C19H33NO5/c1-2-3-4-5-15(21)6-7-16-17-12-14(10-13(17)11-18(16)22)20-25-9-8-19(23)24/h13,15-18,21-22H,2-12H2,1H3,(H,23,24)/b20-14+/t13-,15?,16-,17-,18+/m1/s1. The number of oxime groups is 1. The summed E-state index contributed by atoms with van der Waals surface area (Å²) in [7, 11) is 0. The Bertz CT molecular complexity index is 453. The molecule has 0 radical (unpaired) electrons. The van der Waals surface area contributed by atoms with E-state index in [-0.39, 0.29) is 31.2 Å². The smallest absolute Gasteiger partial charge is 0.306 e. The molecule has 25 heavy (non-hydrogen) atoms. The molecule has 2 aliphatic carbocycles. The highest BCUT2D eigenvalue weighted by Gasteiger charge is 2.46. The van der Waals surface area contributed by atoms with Crippen LogP contribution in [0.25, 0.3) is 0 Å². The molecule has 0 heterocycles. The third-order valence-corrected chi connectivity index (χ3v) is 5.74. The third kappa shape index (κ3) is 6.26. The van der Waals surface area contributed by atoms with Crippen LogP contribution in [0.5, 0.6) is 0 Å². The number of unbranched alkanes of at least 4 members (excludes halogenated alkanes) is 2. The van der Waals surface area contributed by atoms with Gasteiger partial charge in [0, 0.05) is 0 Å².